The van der Waals surface area contributed by atoms with E-state index in [2.05, 4.69) is 29.4 Å². The average Bonchev–Trinajstić information content (AvgIpc) is 2.78. The molecule has 1 heterocycles. The molecule has 0 fully saturated rings. The van der Waals surface area contributed by atoms with Crippen LogP contribution in [-0.2, 0) is 6.54 Å². The number of rotatable bonds is 4. The van der Waals surface area contributed by atoms with Gasteiger partial charge < -0.3 is 0 Å². The molecule has 2 aromatic rings. The van der Waals surface area contributed by atoms with Crippen molar-refractivity contribution in [3.05, 3.63) is 47.8 Å². The Balaban J connectivity index is 2.07. The fraction of sp³-hybridized carbons (Fsp3) is 0.250. The van der Waals surface area contributed by atoms with Gasteiger partial charge in [0, 0.05) is 12.5 Å². The number of aldehydes is 1. The second-order valence-electron chi connectivity index (χ2n) is 3.80. The van der Waals surface area contributed by atoms with E-state index in [-0.39, 0.29) is 0 Å². The van der Waals surface area contributed by atoms with E-state index < -0.39 is 0 Å². The lowest BCUT2D eigenvalue weighted by Gasteiger charge is -2.10. The zero-order chi connectivity index (χ0) is 11.4. The lowest BCUT2D eigenvalue weighted by Crippen LogP contribution is -2.06. The third kappa shape index (κ3) is 2.34. The van der Waals surface area contributed by atoms with E-state index in [4.69, 9.17) is 0 Å². The Bertz CT molecular complexity index is 464. The molecule has 1 atom stereocenters. The fourth-order valence-corrected chi connectivity index (χ4v) is 1.62. The van der Waals surface area contributed by atoms with Gasteiger partial charge >= 0.3 is 0 Å². The predicted octanol–water partition coefficient (Wildman–Crippen LogP) is 1.89. The summed E-state index contributed by atoms with van der Waals surface area (Å²) in [6, 6.07) is 10.2. The van der Waals surface area contributed by atoms with Gasteiger partial charge in [-0.05, 0) is 5.56 Å². The third-order valence-electron chi connectivity index (χ3n) is 2.51. The monoisotopic (exact) mass is 215 g/mol. The highest BCUT2D eigenvalue weighted by Gasteiger charge is 2.07. The summed E-state index contributed by atoms with van der Waals surface area (Å²) >= 11 is 0. The summed E-state index contributed by atoms with van der Waals surface area (Å²) in [7, 11) is 0. The summed E-state index contributed by atoms with van der Waals surface area (Å²) in [5.41, 5.74) is 1.63. The van der Waals surface area contributed by atoms with Gasteiger partial charge in [-0.2, -0.15) is 0 Å². The van der Waals surface area contributed by atoms with E-state index in [9.17, 15) is 4.79 Å². The number of carbonyl (C=O) groups is 1. The number of aromatic nitrogens is 3. The van der Waals surface area contributed by atoms with E-state index in [1.54, 1.807) is 10.9 Å². The highest BCUT2D eigenvalue weighted by molar-refractivity contribution is 5.70. The van der Waals surface area contributed by atoms with Gasteiger partial charge in [-0.25, -0.2) is 0 Å². The first-order chi connectivity index (χ1) is 7.79. The topological polar surface area (TPSA) is 47.8 Å². The molecule has 0 saturated heterocycles. The Morgan fingerprint density at radius 3 is 2.75 bits per heavy atom. The summed E-state index contributed by atoms with van der Waals surface area (Å²) in [6.45, 7) is 2.85. The van der Waals surface area contributed by atoms with Crippen LogP contribution in [0.5, 0.6) is 0 Å². The van der Waals surface area contributed by atoms with Crippen molar-refractivity contribution in [3.8, 4) is 0 Å². The van der Waals surface area contributed by atoms with Gasteiger partial charge in [-0.1, -0.05) is 42.5 Å². The Kier molecular flexibility index (Phi) is 3.10. The van der Waals surface area contributed by atoms with Crippen molar-refractivity contribution in [2.75, 3.05) is 0 Å². The smallest absolute Gasteiger partial charge is 0.171 e. The third-order valence-corrected chi connectivity index (χ3v) is 2.51. The second-order valence-corrected chi connectivity index (χ2v) is 3.80. The van der Waals surface area contributed by atoms with Crippen molar-refractivity contribution in [2.24, 2.45) is 0 Å². The Hall–Kier alpha value is -1.97. The predicted molar refractivity (Wildman–Crippen MR) is 60.3 cm³/mol. The molecule has 1 aromatic carbocycles. The summed E-state index contributed by atoms with van der Waals surface area (Å²) in [5.74, 6) is 0.349. The molecule has 0 radical (unpaired) electrons. The van der Waals surface area contributed by atoms with Crippen LogP contribution in [0.3, 0.4) is 0 Å². The number of hydrogen-bond donors (Lipinski definition) is 0. The summed E-state index contributed by atoms with van der Waals surface area (Å²) < 4.78 is 1.70. The Morgan fingerprint density at radius 1 is 1.38 bits per heavy atom. The molecule has 82 valence electrons. The molecule has 0 aliphatic heterocycles. The Labute approximate surface area is 93.9 Å². The highest BCUT2D eigenvalue weighted by Crippen LogP contribution is 2.16. The SMILES string of the molecule is CC(Cn1cc(C=O)nn1)c1ccccc1. The van der Waals surface area contributed by atoms with Crippen LogP contribution in [0.15, 0.2) is 36.5 Å². The van der Waals surface area contributed by atoms with Crippen molar-refractivity contribution in [1.29, 1.82) is 0 Å². The first-order valence-electron chi connectivity index (χ1n) is 5.20. The van der Waals surface area contributed by atoms with Gasteiger partial charge in [-0.15, -0.1) is 5.10 Å². The molecule has 0 spiro atoms. The quantitative estimate of drug-likeness (QED) is 0.732. The van der Waals surface area contributed by atoms with E-state index in [0.29, 0.717) is 17.9 Å². The molecule has 0 N–H and O–H groups in total. The molecule has 16 heavy (non-hydrogen) atoms. The standard InChI is InChI=1S/C12H13N3O/c1-10(11-5-3-2-4-6-11)7-15-8-12(9-16)13-14-15/h2-6,8-10H,7H2,1H3. The maximum atomic E-state index is 10.5. The number of nitrogens with zero attached hydrogens (tertiary/aromatic N) is 3. The van der Waals surface area contributed by atoms with E-state index in [1.807, 2.05) is 18.2 Å². The molecule has 2 rings (SSSR count). The van der Waals surface area contributed by atoms with E-state index in [0.717, 1.165) is 6.54 Å². The summed E-state index contributed by atoms with van der Waals surface area (Å²) in [5, 5.41) is 7.61. The van der Waals surface area contributed by atoms with Crippen LogP contribution in [0.25, 0.3) is 0 Å². The lowest BCUT2D eigenvalue weighted by atomic mass is 10.0. The van der Waals surface area contributed by atoms with Gasteiger partial charge in [0.1, 0.15) is 5.69 Å². The molecular formula is C12H13N3O. The van der Waals surface area contributed by atoms with Gasteiger partial charge in [0.05, 0.1) is 6.20 Å². The van der Waals surface area contributed by atoms with Gasteiger partial charge in [-0.3, -0.25) is 9.48 Å². The lowest BCUT2D eigenvalue weighted by molar-refractivity contribution is 0.111. The molecule has 0 bridgehead atoms. The van der Waals surface area contributed by atoms with Crippen LogP contribution in [-0.4, -0.2) is 21.3 Å². The summed E-state index contributed by atoms with van der Waals surface area (Å²) in [4.78, 5) is 10.5. The molecular weight excluding hydrogens is 202 g/mol. The largest absolute Gasteiger partial charge is 0.296 e. The van der Waals surface area contributed by atoms with Crippen LogP contribution in [0, 0.1) is 0 Å². The van der Waals surface area contributed by atoms with E-state index in [1.165, 1.54) is 5.56 Å². The minimum Gasteiger partial charge on any atom is -0.296 e. The van der Waals surface area contributed by atoms with E-state index >= 15 is 0 Å². The summed E-state index contributed by atoms with van der Waals surface area (Å²) in [6.07, 6.45) is 2.36. The molecule has 0 aliphatic rings. The molecule has 1 aromatic heterocycles. The average molecular weight is 215 g/mol. The minimum atomic E-state index is 0.349. The zero-order valence-electron chi connectivity index (χ0n) is 9.08. The Morgan fingerprint density at radius 2 is 2.12 bits per heavy atom. The maximum Gasteiger partial charge on any atom is 0.171 e. The first kappa shape index (κ1) is 10.5. The number of carbonyl (C=O) groups excluding carboxylic acids is 1. The molecule has 0 aliphatic carbocycles. The highest BCUT2D eigenvalue weighted by atomic mass is 16.1. The van der Waals surface area contributed by atoms with Gasteiger partial charge in [0.2, 0.25) is 0 Å². The van der Waals surface area contributed by atoms with Gasteiger partial charge in [0.15, 0.2) is 6.29 Å². The van der Waals surface area contributed by atoms with Crippen LogP contribution in [0.4, 0.5) is 0 Å². The normalized spacial score (nSPS) is 12.3. The van der Waals surface area contributed by atoms with Crippen LogP contribution in [0.2, 0.25) is 0 Å². The van der Waals surface area contributed by atoms with Gasteiger partial charge in [0.25, 0.3) is 0 Å². The molecule has 1 unspecified atom stereocenters. The maximum absolute atomic E-state index is 10.5. The van der Waals surface area contributed by atoms with Crippen LogP contribution < -0.4 is 0 Å². The molecule has 4 nitrogen and oxygen atoms in total. The second kappa shape index (κ2) is 4.70. The number of benzene rings is 1. The van der Waals surface area contributed by atoms with Crippen molar-refractivity contribution in [1.82, 2.24) is 15.0 Å². The minimum absolute atomic E-state index is 0.349. The molecule has 4 heteroatoms. The first-order valence-corrected chi connectivity index (χ1v) is 5.20. The van der Waals surface area contributed by atoms with Crippen molar-refractivity contribution in [2.45, 2.75) is 19.4 Å². The fourth-order valence-electron chi connectivity index (χ4n) is 1.62. The molecule has 0 amide bonds. The molecule has 0 saturated carbocycles. The number of hydrogen-bond acceptors (Lipinski definition) is 3. The van der Waals surface area contributed by atoms with Crippen LogP contribution >= 0.6 is 0 Å². The van der Waals surface area contributed by atoms with Crippen molar-refractivity contribution in [3.63, 3.8) is 0 Å². The van der Waals surface area contributed by atoms with Crippen molar-refractivity contribution >= 4 is 6.29 Å². The zero-order valence-corrected chi connectivity index (χ0v) is 9.08. The van der Waals surface area contributed by atoms with Crippen molar-refractivity contribution < 1.29 is 4.79 Å². The van der Waals surface area contributed by atoms with Crippen LogP contribution in [0.1, 0.15) is 28.9 Å².